The van der Waals surface area contributed by atoms with Crippen LogP contribution in [0.3, 0.4) is 0 Å². The summed E-state index contributed by atoms with van der Waals surface area (Å²) in [7, 11) is 0. The standard InChI is InChI=1S/C14H26N2O2/c17-14(5-4-13-3-1-2-10-18-13)16-9-7-12-6-8-15-11-12/h12-13,15H,1-11H2,(H,16,17). The van der Waals surface area contributed by atoms with Crippen LogP contribution in [0.2, 0.25) is 0 Å². The van der Waals surface area contributed by atoms with Gasteiger partial charge in [0, 0.05) is 19.6 Å². The maximum Gasteiger partial charge on any atom is 0.220 e. The molecule has 0 spiro atoms. The molecule has 0 aliphatic carbocycles. The van der Waals surface area contributed by atoms with E-state index in [2.05, 4.69) is 10.6 Å². The van der Waals surface area contributed by atoms with E-state index in [4.69, 9.17) is 4.74 Å². The van der Waals surface area contributed by atoms with Gasteiger partial charge in [0.25, 0.3) is 0 Å². The molecule has 0 saturated carbocycles. The molecule has 18 heavy (non-hydrogen) atoms. The summed E-state index contributed by atoms with van der Waals surface area (Å²) >= 11 is 0. The molecule has 0 radical (unpaired) electrons. The summed E-state index contributed by atoms with van der Waals surface area (Å²) in [6.07, 6.45) is 7.75. The summed E-state index contributed by atoms with van der Waals surface area (Å²) < 4.78 is 5.63. The zero-order chi connectivity index (χ0) is 12.6. The van der Waals surface area contributed by atoms with Gasteiger partial charge in [0.1, 0.15) is 0 Å². The van der Waals surface area contributed by atoms with E-state index in [1.54, 1.807) is 0 Å². The molecule has 0 bridgehead atoms. The normalized spacial score (nSPS) is 28.2. The van der Waals surface area contributed by atoms with Crippen molar-refractivity contribution in [3.63, 3.8) is 0 Å². The van der Waals surface area contributed by atoms with Gasteiger partial charge >= 0.3 is 0 Å². The van der Waals surface area contributed by atoms with E-state index in [0.29, 0.717) is 12.5 Å². The molecule has 2 aliphatic heterocycles. The van der Waals surface area contributed by atoms with Crippen LogP contribution >= 0.6 is 0 Å². The van der Waals surface area contributed by atoms with E-state index >= 15 is 0 Å². The molecule has 2 fully saturated rings. The third-order valence-electron chi connectivity index (χ3n) is 4.00. The Morgan fingerprint density at radius 3 is 2.94 bits per heavy atom. The Morgan fingerprint density at radius 1 is 1.28 bits per heavy atom. The van der Waals surface area contributed by atoms with E-state index in [-0.39, 0.29) is 5.91 Å². The fourth-order valence-corrected chi connectivity index (χ4v) is 2.79. The number of carbonyl (C=O) groups excluding carboxylic acids is 1. The van der Waals surface area contributed by atoms with Crippen molar-refractivity contribution in [1.29, 1.82) is 0 Å². The molecule has 0 aromatic rings. The molecule has 4 nitrogen and oxygen atoms in total. The Hall–Kier alpha value is -0.610. The van der Waals surface area contributed by atoms with E-state index in [9.17, 15) is 4.79 Å². The predicted molar refractivity (Wildman–Crippen MR) is 71.4 cm³/mol. The number of hydrogen-bond donors (Lipinski definition) is 2. The highest BCUT2D eigenvalue weighted by Crippen LogP contribution is 2.16. The molecule has 2 rings (SSSR count). The Kier molecular flexibility index (Phi) is 5.94. The summed E-state index contributed by atoms with van der Waals surface area (Å²) in [6.45, 7) is 3.96. The largest absolute Gasteiger partial charge is 0.378 e. The van der Waals surface area contributed by atoms with E-state index in [0.717, 1.165) is 51.4 Å². The van der Waals surface area contributed by atoms with Crippen LogP contribution in [0.4, 0.5) is 0 Å². The lowest BCUT2D eigenvalue weighted by molar-refractivity contribution is -0.122. The zero-order valence-electron chi connectivity index (χ0n) is 11.2. The number of amides is 1. The quantitative estimate of drug-likeness (QED) is 0.754. The first-order chi connectivity index (χ1) is 8.84. The number of nitrogens with one attached hydrogen (secondary N) is 2. The lowest BCUT2D eigenvalue weighted by atomic mass is 10.0. The first-order valence-electron chi connectivity index (χ1n) is 7.43. The van der Waals surface area contributed by atoms with Gasteiger partial charge in [-0.3, -0.25) is 4.79 Å². The summed E-state index contributed by atoms with van der Waals surface area (Å²) in [4.78, 5) is 11.7. The van der Waals surface area contributed by atoms with Gasteiger partial charge in [0.2, 0.25) is 5.91 Å². The first-order valence-corrected chi connectivity index (χ1v) is 7.43. The van der Waals surface area contributed by atoms with Crippen LogP contribution in [0.15, 0.2) is 0 Å². The Morgan fingerprint density at radius 2 is 2.22 bits per heavy atom. The summed E-state index contributed by atoms with van der Waals surface area (Å²) in [5.74, 6) is 0.946. The van der Waals surface area contributed by atoms with Crippen LogP contribution in [0.1, 0.15) is 44.9 Å². The molecule has 4 heteroatoms. The lowest BCUT2D eigenvalue weighted by Crippen LogP contribution is -2.28. The second-order valence-electron chi connectivity index (χ2n) is 5.52. The van der Waals surface area contributed by atoms with Gasteiger partial charge in [0.05, 0.1) is 6.10 Å². The molecular weight excluding hydrogens is 228 g/mol. The topological polar surface area (TPSA) is 50.4 Å². The van der Waals surface area contributed by atoms with Crippen LogP contribution in [-0.4, -0.2) is 38.3 Å². The van der Waals surface area contributed by atoms with Crippen molar-refractivity contribution in [3.05, 3.63) is 0 Å². The minimum atomic E-state index is 0.190. The number of carbonyl (C=O) groups is 1. The van der Waals surface area contributed by atoms with Crippen molar-refractivity contribution >= 4 is 5.91 Å². The second kappa shape index (κ2) is 7.74. The highest BCUT2D eigenvalue weighted by atomic mass is 16.5. The van der Waals surface area contributed by atoms with Crippen molar-refractivity contribution in [2.75, 3.05) is 26.2 Å². The summed E-state index contributed by atoms with van der Waals surface area (Å²) in [6, 6.07) is 0. The minimum Gasteiger partial charge on any atom is -0.378 e. The van der Waals surface area contributed by atoms with Gasteiger partial charge < -0.3 is 15.4 Å². The van der Waals surface area contributed by atoms with Crippen LogP contribution < -0.4 is 10.6 Å². The van der Waals surface area contributed by atoms with E-state index in [1.807, 2.05) is 0 Å². The van der Waals surface area contributed by atoms with Crippen molar-refractivity contribution in [3.8, 4) is 0 Å². The maximum atomic E-state index is 11.7. The molecule has 2 unspecified atom stereocenters. The van der Waals surface area contributed by atoms with Crippen LogP contribution in [0.5, 0.6) is 0 Å². The average molecular weight is 254 g/mol. The maximum absolute atomic E-state index is 11.7. The fourth-order valence-electron chi connectivity index (χ4n) is 2.79. The number of rotatable bonds is 6. The summed E-state index contributed by atoms with van der Waals surface area (Å²) in [5.41, 5.74) is 0. The predicted octanol–water partition coefficient (Wildman–Crippen LogP) is 1.45. The SMILES string of the molecule is O=C(CCC1CCCCO1)NCCC1CCNC1. The van der Waals surface area contributed by atoms with E-state index < -0.39 is 0 Å². The van der Waals surface area contributed by atoms with Crippen molar-refractivity contribution < 1.29 is 9.53 Å². The molecule has 2 atom stereocenters. The Balaban J connectivity index is 1.49. The fraction of sp³-hybridized carbons (Fsp3) is 0.929. The summed E-state index contributed by atoms with van der Waals surface area (Å²) in [5, 5.41) is 6.38. The Labute approximate surface area is 110 Å². The minimum absolute atomic E-state index is 0.190. The second-order valence-corrected chi connectivity index (χ2v) is 5.52. The van der Waals surface area contributed by atoms with Gasteiger partial charge in [-0.1, -0.05) is 0 Å². The molecular formula is C14H26N2O2. The third-order valence-corrected chi connectivity index (χ3v) is 4.00. The molecule has 2 saturated heterocycles. The third kappa shape index (κ3) is 4.94. The molecule has 1 amide bonds. The Bertz CT molecular complexity index is 246. The number of ether oxygens (including phenoxy) is 1. The highest BCUT2D eigenvalue weighted by molar-refractivity contribution is 5.75. The first kappa shape index (κ1) is 13.8. The molecule has 2 heterocycles. The van der Waals surface area contributed by atoms with Crippen molar-refractivity contribution in [2.45, 2.75) is 51.0 Å². The number of hydrogen-bond acceptors (Lipinski definition) is 3. The zero-order valence-corrected chi connectivity index (χ0v) is 11.2. The molecule has 2 N–H and O–H groups in total. The van der Waals surface area contributed by atoms with Gasteiger partial charge in [-0.25, -0.2) is 0 Å². The smallest absolute Gasteiger partial charge is 0.220 e. The average Bonchev–Trinajstić information content (AvgIpc) is 2.91. The molecule has 2 aliphatic rings. The van der Waals surface area contributed by atoms with E-state index in [1.165, 1.54) is 19.3 Å². The van der Waals surface area contributed by atoms with Gasteiger partial charge in [-0.2, -0.15) is 0 Å². The molecule has 104 valence electrons. The molecule has 0 aromatic carbocycles. The highest BCUT2D eigenvalue weighted by Gasteiger charge is 2.16. The van der Waals surface area contributed by atoms with Crippen molar-refractivity contribution in [2.24, 2.45) is 5.92 Å². The lowest BCUT2D eigenvalue weighted by Gasteiger charge is -2.22. The van der Waals surface area contributed by atoms with Crippen LogP contribution in [0, 0.1) is 5.92 Å². The van der Waals surface area contributed by atoms with Gasteiger partial charge in [-0.05, 0) is 57.5 Å². The molecule has 0 aromatic heterocycles. The van der Waals surface area contributed by atoms with Crippen LogP contribution in [0.25, 0.3) is 0 Å². The monoisotopic (exact) mass is 254 g/mol. The van der Waals surface area contributed by atoms with Gasteiger partial charge in [0.15, 0.2) is 0 Å². The van der Waals surface area contributed by atoms with Crippen molar-refractivity contribution in [1.82, 2.24) is 10.6 Å². The van der Waals surface area contributed by atoms with Crippen LogP contribution in [-0.2, 0) is 9.53 Å². The van der Waals surface area contributed by atoms with Gasteiger partial charge in [-0.15, -0.1) is 0 Å².